The second kappa shape index (κ2) is 8.02. The molecule has 1 rings (SSSR count). The number of carbonyl (C=O) groups is 1. The molecule has 0 radical (unpaired) electrons. The number of ether oxygens (including phenoxy) is 1. The predicted octanol–water partition coefficient (Wildman–Crippen LogP) is 4.08. The van der Waals surface area contributed by atoms with Gasteiger partial charge in [-0.25, -0.2) is 0 Å². The first kappa shape index (κ1) is 17.5. The van der Waals surface area contributed by atoms with Crippen molar-refractivity contribution in [1.29, 1.82) is 0 Å². The summed E-state index contributed by atoms with van der Waals surface area (Å²) in [5.41, 5.74) is -0.629. The summed E-state index contributed by atoms with van der Waals surface area (Å²) in [5, 5.41) is 10.2. The van der Waals surface area contributed by atoms with Gasteiger partial charge in [-0.15, -0.1) is 0 Å². The van der Waals surface area contributed by atoms with Gasteiger partial charge >= 0.3 is 5.97 Å². The van der Waals surface area contributed by atoms with Gasteiger partial charge in [-0.05, 0) is 58.3 Å². The Hall–Kier alpha value is -0.570. The van der Waals surface area contributed by atoms with E-state index in [0.717, 1.165) is 38.5 Å². The molecule has 3 heteroatoms. The van der Waals surface area contributed by atoms with Gasteiger partial charge in [-0.3, -0.25) is 4.79 Å². The molecule has 3 unspecified atom stereocenters. The SMILES string of the molecule is CCC(C)C(=O)OC1CCCCCC(C(C)(C)O)CC1. The Morgan fingerprint density at radius 2 is 1.85 bits per heavy atom. The van der Waals surface area contributed by atoms with Gasteiger partial charge < -0.3 is 9.84 Å². The maximum Gasteiger partial charge on any atom is 0.308 e. The van der Waals surface area contributed by atoms with E-state index >= 15 is 0 Å². The van der Waals surface area contributed by atoms with Crippen molar-refractivity contribution < 1.29 is 14.6 Å². The average Bonchev–Trinajstić information content (AvgIpc) is 2.49. The van der Waals surface area contributed by atoms with Crippen LogP contribution in [-0.4, -0.2) is 22.8 Å². The Kier molecular flexibility index (Phi) is 7.01. The summed E-state index contributed by atoms with van der Waals surface area (Å²) in [7, 11) is 0. The Morgan fingerprint density at radius 1 is 1.20 bits per heavy atom. The van der Waals surface area contributed by atoms with Gasteiger partial charge in [0.2, 0.25) is 0 Å². The maximum absolute atomic E-state index is 11.9. The standard InChI is InChI=1S/C17H32O3/c1-5-13(2)16(18)20-15-10-8-6-7-9-14(11-12-15)17(3,4)19/h13-15,19H,5-12H2,1-4H3. The van der Waals surface area contributed by atoms with Gasteiger partial charge in [0.25, 0.3) is 0 Å². The fourth-order valence-corrected chi connectivity index (χ4v) is 2.89. The number of carbonyl (C=O) groups excluding carboxylic acids is 1. The molecule has 3 atom stereocenters. The van der Waals surface area contributed by atoms with Crippen LogP contribution in [0.2, 0.25) is 0 Å². The van der Waals surface area contributed by atoms with Crippen LogP contribution >= 0.6 is 0 Å². The average molecular weight is 284 g/mol. The lowest BCUT2D eigenvalue weighted by molar-refractivity contribution is -0.154. The molecule has 1 aliphatic rings. The zero-order valence-corrected chi connectivity index (χ0v) is 13.7. The summed E-state index contributed by atoms with van der Waals surface area (Å²) in [6.45, 7) is 7.74. The van der Waals surface area contributed by atoms with E-state index in [9.17, 15) is 9.90 Å². The Bertz CT molecular complexity index is 293. The Labute approximate surface area is 124 Å². The summed E-state index contributed by atoms with van der Waals surface area (Å²) in [4.78, 5) is 11.9. The number of rotatable bonds is 4. The first-order chi connectivity index (χ1) is 9.34. The number of hydrogen-bond acceptors (Lipinski definition) is 3. The first-order valence-electron chi connectivity index (χ1n) is 8.27. The second-order valence-electron chi connectivity index (χ2n) is 6.93. The lowest BCUT2D eigenvalue weighted by atomic mass is 9.83. The molecular formula is C17H32O3. The first-order valence-corrected chi connectivity index (χ1v) is 8.27. The van der Waals surface area contributed by atoms with E-state index in [-0.39, 0.29) is 18.0 Å². The fraction of sp³-hybridized carbons (Fsp3) is 0.941. The fourth-order valence-electron chi connectivity index (χ4n) is 2.89. The number of esters is 1. The van der Waals surface area contributed by atoms with E-state index in [1.165, 1.54) is 12.8 Å². The van der Waals surface area contributed by atoms with E-state index in [0.29, 0.717) is 5.92 Å². The van der Waals surface area contributed by atoms with Crippen LogP contribution in [0.25, 0.3) is 0 Å². The van der Waals surface area contributed by atoms with E-state index in [2.05, 4.69) is 0 Å². The third-order valence-electron chi connectivity index (χ3n) is 4.71. The minimum absolute atomic E-state index is 0.00675. The summed E-state index contributed by atoms with van der Waals surface area (Å²) < 4.78 is 5.68. The molecule has 0 heterocycles. The zero-order chi connectivity index (χ0) is 15.2. The van der Waals surface area contributed by atoms with Crippen LogP contribution in [0.15, 0.2) is 0 Å². The second-order valence-corrected chi connectivity index (χ2v) is 6.93. The monoisotopic (exact) mass is 284 g/mol. The minimum Gasteiger partial charge on any atom is -0.462 e. The van der Waals surface area contributed by atoms with Gasteiger partial charge in [0.15, 0.2) is 0 Å². The zero-order valence-electron chi connectivity index (χ0n) is 13.7. The summed E-state index contributed by atoms with van der Waals surface area (Å²) in [5.74, 6) is 0.245. The molecule has 0 aromatic rings. The molecule has 0 aromatic carbocycles. The molecule has 1 fully saturated rings. The molecule has 0 spiro atoms. The highest BCUT2D eigenvalue weighted by Crippen LogP contribution is 2.31. The van der Waals surface area contributed by atoms with Crippen molar-refractivity contribution in [2.45, 2.75) is 90.8 Å². The van der Waals surface area contributed by atoms with Crippen LogP contribution in [0.4, 0.5) is 0 Å². The minimum atomic E-state index is -0.629. The van der Waals surface area contributed by atoms with Crippen molar-refractivity contribution in [3.8, 4) is 0 Å². The van der Waals surface area contributed by atoms with Crippen LogP contribution < -0.4 is 0 Å². The highest BCUT2D eigenvalue weighted by molar-refractivity contribution is 5.72. The van der Waals surface area contributed by atoms with Gasteiger partial charge in [0.05, 0.1) is 11.5 Å². The van der Waals surface area contributed by atoms with Crippen LogP contribution in [-0.2, 0) is 9.53 Å². The molecule has 1 aliphatic carbocycles. The van der Waals surface area contributed by atoms with E-state index in [4.69, 9.17) is 4.74 Å². The van der Waals surface area contributed by atoms with Crippen LogP contribution in [0.3, 0.4) is 0 Å². The third-order valence-corrected chi connectivity index (χ3v) is 4.71. The van der Waals surface area contributed by atoms with E-state index in [1.807, 2.05) is 27.7 Å². The van der Waals surface area contributed by atoms with Crippen molar-refractivity contribution in [1.82, 2.24) is 0 Å². The van der Waals surface area contributed by atoms with Crippen molar-refractivity contribution in [2.75, 3.05) is 0 Å². The summed E-state index contributed by atoms with van der Waals surface area (Å²) >= 11 is 0. The summed E-state index contributed by atoms with van der Waals surface area (Å²) in [6, 6.07) is 0. The molecular weight excluding hydrogens is 252 g/mol. The Morgan fingerprint density at radius 3 is 2.45 bits per heavy atom. The maximum atomic E-state index is 11.9. The molecule has 20 heavy (non-hydrogen) atoms. The van der Waals surface area contributed by atoms with Gasteiger partial charge in [0, 0.05) is 0 Å². The van der Waals surface area contributed by atoms with Crippen molar-refractivity contribution in [2.24, 2.45) is 11.8 Å². The molecule has 1 saturated carbocycles. The number of aliphatic hydroxyl groups is 1. The van der Waals surface area contributed by atoms with E-state index in [1.54, 1.807) is 0 Å². The molecule has 0 aromatic heterocycles. The van der Waals surface area contributed by atoms with E-state index < -0.39 is 5.60 Å². The molecule has 0 amide bonds. The lowest BCUT2D eigenvalue weighted by Crippen LogP contribution is -2.32. The van der Waals surface area contributed by atoms with Crippen LogP contribution in [0.1, 0.15) is 79.1 Å². The van der Waals surface area contributed by atoms with Crippen molar-refractivity contribution in [3.63, 3.8) is 0 Å². The molecule has 0 bridgehead atoms. The lowest BCUT2D eigenvalue weighted by Gasteiger charge is -2.30. The quantitative estimate of drug-likeness (QED) is 0.791. The predicted molar refractivity (Wildman–Crippen MR) is 81.4 cm³/mol. The number of hydrogen-bond donors (Lipinski definition) is 1. The highest BCUT2D eigenvalue weighted by atomic mass is 16.5. The molecule has 1 N–H and O–H groups in total. The molecule has 0 saturated heterocycles. The third kappa shape index (κ3) is 5.82. The Balaban J connectivity index is 2.57. The molecule has 118 valence electrons. The van der Waals surface area contributed by atoms with Crippen molar-refractivity contribution >= 4 is 5.97 Å². The molecule has 0 aliphatic heterocycles. The largest absolute Gasteiger partial charge is 0.462 e. The van der Waals surface area contributed by atoms with Crippen LogP contribution in [0, 0.1) is 11.8 Å². The van der Waals surface area contributed by atoms with Crippen LogP contribution in [0.5, 0.6) is 0 Å². The normalized spacial score (nSPS) is 27.1. The van der Waals surface area contributed by atoms with Gasteiger partial charge in [0.1, 0.15) is 6.10 Å². The smallest absolute Gasteiger partial charge is 0.308 e. The summed E-state index contributed by atoms with van der Waals surface area (Å²) in [6.07, 6.45) is 8.22. The van der Waals surface area contributed by atoms with Gasteiger partial charge in [-0.2, -0.15) is 0 Å². The highest BCUT2D eigenvalue weighted by Gasteiger charge is 2.29. The topological polar surface area (TPSA) is 46.5 Å². The molecule has 3 nitrogen and oxygen atoms in total. The van der Waals surface area contributed by atoms with Crippen molar-refractivity contribution in [3.05, 3.63) is 0 Å². The van der Waals surface area contributed by atoms with Gasteiger partial charge in [-0.1, -0.05) is 26.7 Å².